The van der Waals surface area contributed by atoms with Gasteiger partial charge in [0.25, 0.3) is 11.6 Å². The molecule has 5 nitrogen and oxygen atoms in total. The lowest BCUT2D eigenvalue weighted by atomic mass is 10.1. The number of anilines is 1. The van der Waals surface area contributed by atoms with Crippen LogP contribution >= 0.6 is 15.9 Å². The number of hydrogen-bond donors (Lipinski definition) is 0. The van der Waals surface area contributed by atoms with Crippen molar-refractivity contribution in [3.05, 3.63) is 68.2 Å². The second kappa shape index (κ2) is 5.29. The van der Waals surface area contributed by atoms with Crippen molar-refractivity contribution in [2.75, 3.05) is 11.4 Å². The molecule has 2 aromatic rings. The summed E-state index contributed by atoms with van der Waals surface area (Å²) in [5.74, 6) is -0.226. The molecule has 0 spiro atoms. The van der Waals surface area contributed by atoms with Gasteiger partial charge in [0.15, 0.2) is 0 Å². The van der Waals surface area contributed by atoms with Crippen LogP contribution in [0.25, 0.3) is 0 Å². The maximum Gasteiger partial charge on any atom is 0.284 e. The first-order chi connectivity index (χ1) is 10.1. The molecule has 6 heteroatoms. The molecule has 0 saturated heterocycles. The minimum atomic E-state index is -0.501. The van der Waals surface area contributed by atoms with Gasteiger partial charge in [0, 0.05) is 18.3 Å². The predicted molar refractivity (Wildman–Crippen MR) is 82.6 cm³/mol. The van der Waals surface area contributed by atoms with Crippen molar-refractivity contribution in [2.24, 2.45) is 0 Å². The van der Waals surface area contributed by atoms with Crippen molar-refractivity contribution in [1.82, 2.24) is 0 Å². The number of hydrogen-bond acceptors (Lipinski definition) is 3. The molecule has 0 atom stereocenters. The van der Waals surface area contributed by atoms with Crippen molar-refractivity contribution in [3.63, 3.8) is 0 Å². The van der Waals surface area contributed by atoms with Gasteiger partial charge < -0.3 is 4.90 Å². The average molecular weight is 347 g/mol. The van der Waals surface area contributed by atoms with Crippen LogP contribution in [-0.4, -0.2) is 17.4 Å². The number of fused-ring (bicyclic) bond motifs is 1. The Kier molecular flexibility index (Phi) is 3.47. The first-order valence-electron chi connectivity index (χ1n) is 6.42. The molecule has 0 N–H and O–H groups in total. The molecule has 0 unspecified atom stereocenters. The first-order valence-corrected chi connectivity index (χ1v) is 7.21. The van der Waals surface area contributed by atoms with Crippen molar-refractivity contribution in [1.29, 1.82) is 0 Å². The minimum absolute atomic E-state index is 0.103. The normalized spacial score (nSPS) is 13.1. The van der Waals surface area contributed by atoms with E-state index >= 15 is 0 Å². The summed E-state index contributed by atoms with van der Waals surface area (Å²) in [5.41, 5.74) is 2.20. The van der Waals surface area contributed by atoms with E-state index in [0.717, 1.165) is 17.7 Å². The van der Waals surface area contributed by atoms with Crippen LogP contribution in [0.5, 0.6) is 0 Å². The van der Waals surface area contributed by atoms with Crippen molar-refractivity contribution < 1.29 is 9.72 Å². The van der Waals surface area contributed by atoms with E-state index in [0.29, 0.717) is 12.1 Å². The maximum absolute atomic E-state index is 12.7. The van der Waals surface area contributed by atoms with Crippen LogP contribution in [0, 0.1) is 10.1 Å². The molecule has 21 heavy (non-hydrogen) atoms. The number of nitro benzene ring substituents is 1. The highest BCUT2D eigenvalue weighted by atomic mass is 79.9. The summed E-state index contributed by atoms with van der Waals surface area (Å²) in [6.07, 6.45) is 0.800. The number of carbonyl (C=O) groups is 1. The van der Waals surface area contributed by atoms with Crippen LogP contribution in [0.15, 0.2) is 46.9 Å². The highest BCUT2D eigenvalue weighted by molar-refractivity contribution is 9.10. The average Bonchev–Trinajstić information content (AvgIpc) is 2.90. The van der Waals surface area contributed by atoms with Gasteiger partial charge in [-0.25, -0.2) is 0 Å². The summed E-state index contributed by atoms with van der Waals surface area (Å²) < 4.78 is 0.226. The van der Waals surface area contributed by atoms with E-state index < -0.39 is 4.92 Å². The van der Waals surface area contributed by atoms with E-state index in [2.05, 4.69) is 15.9 Å². The molecule has 1 amide bonds. The molecule has 1 aliphatic rings. The highest BCUT2D eigenvalue weighted by Crippen LogP contribution is 2.33. The molecule has 0 radical (unpaired) electrons. The summed E-state index contributed by atoms with van der Waals surface area (Å²) >= 11 is 3.18. The quantitative estimate of drug-likeness (QED) is 0.616. The fraction of sp³-hybridized carbons (Fsp3) is 0.133. The van der Waals surface area contributed by atoms with Gasteiger partial charge in [-0.2, -0.15) is 0 Å². The number of para-hydroxylation sites is 1. The lowest BCUT2D eigenvalue weighted by Crippen LogP contribution is -2.29. The largest absolute Gasteiger partial charge is 0.308 e. The molecule has 3 rings (SSSR count). The summed E-state index contributed by atoms with van der Waals surface area (Å²) in [6.45, 7) is 0.591. The molecule has 0 saturated carbocycles. The molecular weight excluding hydrogens is 336 g/mol. The maximum atomic E-state index is 12.7. The zero-order valence-corrected chi connectivity index (χ0v) is 12.5. The van der Waals surface area contributed by atoms with Gasteiger partial charge in [0.05, 0.1) is 10.5 Å². The van der Waals surface area contributed by atoms with Crippen LogP contribution in [0.2, 0.25) is 0 Å². The van der Waals surface area contributed by atoms with Crippen LogP contribution in [0.1, 0.15) is 15.9 Å². The van der Waals surface area contributed by atoms with E-state index in [1.54, 1.807) is 11.0 Å². The molecule has 0 aromatic heterocycles. The summed E-state index contributed by atoms with van der Waals surface area (Å²) in [5, 5.41) is 11.0. The molecule has 1 heterocycles. The first kappa shape index (κ1) is 13.8. The fourth-order valence-corrected chi connectivity index (χ4v) is 3.10. The lowest BCUT2D eigenvalue weighted by Gasteiger charge is -2.18. The fourth-order valence-electron chi connectivity index (χ4n) is 2.52. The van der Waals surface area contributed by atoms with Crippen molar-refractivity contribution in [2.45, 2.75) is 6.42 Å². The van der Waals surface area contributed by atoms with Gasteiger partial charge in [-0.3, -0.25) is 14.9 Å². The molecule has 2 aromatic carbocycles. The number of nitrogens with zero attached hydrogens (tertiary/aromatic N) is 2. The van der Waals surface area contributed by atoms with E-state index in [-0.39, 0.29) is 16.1 Å². The summed E-state index contributed by atoms with van der Waals surface area (Å²) in [7, 11) is 0. The van der Waals surface area contributed by atoms with Crippen LogP contribution in [0.4, 0.5) is 11.4 Å². The zero-order valence-electron chi connectivity index (χ0n) is 11.0. The third-order valence-electron chi connectivity index (χ3n) is 3.54. The highest BCUT2D eigenvalue weighted by Gasteiger charge is 2.28. The molecule has 106 valence electrons. The Bertz CT molecular complexity index is 745. The smallest absolute Gasteiger partial charge is 0.284 e. The zero-order chi connectivity index (χ0) is 15.0. The Morgan fingerprint density at radius 3 is 2.71 bits per heavy atom. The Balaban J connectivity index is 2.01. The number of rotatable bonds is 2. The Hall–Kier alpha value is -2.21. The molecule has 0 bridgehead atoms. The van der Waals surface area contributed by atoms with E-state index in [9.17, 15) is 14.9 Å². The third kappa shape index (κ3) is 2.31. The number of nitro groups is 1. The van der Waals surface area contributed by atoms with Gasteiger partial charge in [-0.1, -0.05) is 24.3 Å². The van der Waals surface area contributed by atoms with Gasteiger partial charge in [0.2, 0.25) is 0 Å². The second-order valence-corrected chi connectivity index (χ2v) is 5.52. The van der Waals surface area contributed by atoms with Crippen LogP contribution in [0.3, 0.4) is 0 Å². The van der Waals surface area contributed by atoms with Crippen molar-refractivity contribution >= 4 is 33.2 Å². The molecule has 0 aliphatic carbocycles. The second-order valence-electron chi connectivity index (χ2n) is 4.73. The van der Waals surface area contributed by atoms with Gasteiger partial charge >= 0.3 is 0 Å². The third-order valence-corrected chi connectivity index (χ3v) is 4.37. The molecule has 0 fully saturated rings. The number of carbonyl (C=O) groups excluding carboxylic acids is 1. The van der Waals surface area contributed by atoms with E-state index in [4.69, 9.17) is 0 Å². The Morgan fingerprint density at radius 2 is 1.95 bits per heavy atom. The monoisotopic (exact) mass is 346 g/mol. The SMILES string of the molecule is O=C(c1cccc([N+](=O)[O-])c1Br)N1CCc2ccccc21. The topological polar surface area (TPSA) is 63.4 Å². The van der Waals surface area contributed by atoms with Crippen LogP contribution < -0.4 is 4.90 Å². The van der Waals surface area contributed by atoms with Gasteiger partial charge in [-0.05, 0) is 40.0 Å². The molecular formula is C15H11BrN2O3. The van der Waals surface area contributed by atoms with E-state index in [1.807, 2.05) is 24.3 Å². The van der Waals surface area contributed by atoms with Crippen molar-refractivity contribution in [3.8, 4) is 0 Å². The summed E-state index contributed by atoms with van der Waals surface area (Å²) in [4.78, 5) is 24.8. The number of halogens is 1. The number of benzene rings is 2. The summed E-state index contributed by atoms with van der Waals surface area (Å²) in [6, 6.07) is 12.2. The predicted octanol–water partition coefficient (Wildman–Crippen LogP) is 3.56. The van der Waals surface area contributed by atoms with Gasteiger partial charge in [-0.15, -0.1) is 0 Å². The van der Waals surface area contributed by atoms with Crippen LogP contribution in [-0.2, 0) is 6.42 Å². The van der Waals surface area contributed by atoms with Gasteiger partial charge in [0.1, 0.15) is 4.47 Å². The number of amides is 1. The lowest BCUT2D eigenvalue weighted by molar-refractivity contribution is -0.385. The minimum Gasteiger partial charge on any atom is -0.308 e. The Morgan fingerprint density at radius 1 is 1.19 bits per heavy atom. The Labute approximate surface area is 129 Å². The molecule has 1 aliphatic heterocycles. The van der Waals surface area contributed by atoms with E-state index in [1.165, 1.54) is 12.1 Å². The standard InChI is InChI=1S/C15H11BrN2O3/c16-14-11(5-3-7-13(14)18(20)21)15(19)17-9-8-10-4-1-2-6-12(10)17/h1-7H,8-9H2.